The summed E-state index contributed by atoms with van der Waals surface area (Å²) in [5, 5.41) is 8.51. The van der Waals surface area contributed by atoms with Gasteiger partial charge in [0.05, 0.1) is 23.5 Å². The molecule has 1 saturated heterocycles. The van der Waals surface area contributed by atoms with Crippen LogP contribution in [0.25, 0.3) is 10.8 Å². The fraction of sp³-hybridized carbons (Fsp3) is 0.370. The van der Waals surface area contributed by atoms with Crippen molar-refractivity contribution in [1.82, 2.24) is 24.9 Å². The lowest BCUT2D eigenvalue weighted by molar-refractivity contribution is -0.133. The molecule has 1 fully saturated rings. The third-order valence-electron chi connectivity index (χ3n) is 6.56. The van der Waals surface area contributed by atoms with Gasteiger partial charge >= 0.3 is 0 Å². The molecule has 3 aromatic rings. The minimum Gasteiger partial charge on any atom is -0.354 e. The topological polar surface area (TPSA) is 105 Å². The Morgan fingerprint density at radius 1 is 0.972 bits per heavy atom. The maximum atomic E-state index is 13.2. The summed E-state index contributed by atoms with van der Waals surface area (Å²) in [4.78, 5) is 54.8. The van der Waals surface area contributed by atoms with Gasteiger partial charge in [0.2, 0.25) is 17.7 Å². The monoisotopic (exact) mass is 489 g/mol. The van der Waals surface area contributed by atoms with Crippen LogP contribution in [0.15, 0.2) is 59.4 Å². The van der Waals surface area contributed by atoms with Crippen molar-refractivity contribution >= 4 is 28.5 Å². The van der Waals surface area contributed by atoms with Gasteiger partial charge in [-0.05, 0) is 25.0 Å². The molecule has 36 heavy (non-hydrogen) atoms. The second-order valence-corrected chi connectivity index (χ2v) is 9.02. The third-order valence-corrected chi connectivity index (χ3v) is 6.56. The van der Waals surface area contributed by atoms with E-state index in [0.29, 0.717) is 37.1 Å². The highest BCUT2D eigenvalue weighted by Gasteiger charge is 2.27. The van der Waals surface area contributed by atoms with E-state index in [1.165, 1.54) is 11.6 Å². The molecule has 0 bridgehead atoms. The van der Waals surface area contributed by atoms with Gasteiger partial charge in [-0.2, -0.15) is 5.10 Å². The molecule has 1 aliphatic heterocycles. The number of nitrogens with one attached hydrogen (secondary N) is 1. The average molecular weight is 490 g/mol. The van der Waals surface area contributed by atoms with E-state index in [9.17, 15) is 19.2 Å². The Labute approximate surface area is 209 Å². The highest BCUT2D eigenvalue weighted by molar-refractivity contribution is 5.84. The Balaban J connectivity index is 1.53. The molecule has 0 saturated carbocycles. The van der Waals surface area contributed by atoms with Crippen molar-refractivity contribution in [3.8, 4) is 0 Å². The van der Waals surface area contributed by atoms with Crippen molar-refractivity contribution in [3.05, 3.63) is 76.2 Å². The van der Waals surface area contributed by atoms with Gasteiger partial charge in [0.25, 0.3) is 5.56 Å². The van der Waals surface area contributed by atoms with Crippen LogP contribution in [-0.4, -0.2) is 63.5 Å². The number of carbonyl (C=O) groups is 3. The van der Waals surface area contributed by atoms with Crippen molar-refractivity contribution in [1.29, 1.82) is 0 Å². The highest BCUT2D eigenvalue weighted by Crippen LogP contribution is 2.25. The van der Waals surface area contributed by atoms with Crippen LogP contribution in [0.4, 0.5) is 0 Å². The first-order valence-corrected chi connectivity index (χ1v) is 12.2. The van der Waals surface area contributed by atoms with Crippen LogP contribution < -0.4 is 10.9 Å². The molecular weight excluding hydrogens is 458 g/mol. The number of carbonyl (C=O) groups excluding carboxylic acids is 3. The SMILES string of the molecule is CC(=O)N1CCCN(C(=O)Cn2nc(C)c3ccccc3c2=O)CCNC(=O)CC1c1ccccc1. The molecule has 1 atom stereocenters. The van der Waals surface area contributed by atoms with Crippen LogP contribution in [0.1, 0.15) is 37.1 Å². The Bertz CT molecular complexity index is 1320. The summed E-state index contributed by atoms with van der Waals surface area (Å²) >= 11 is 0. The number of fused-ring (bicyclic) bond motifs is 1. The molecule has 1 unspecified atom stereocenters. The van der Waals surface area contributed by atoms with E-state index >= 15 is 0 Å². The minimum absolute atomic E-state index is 0.129. The molecule has 2 aromatic carbocycles. The van der Waals surface area contributed by atoms with E-state index in [1.54, 1.807) is 21.9 Å². The van der Waals surface area contributed by atoms with Crippen molar-refractivity contribution in [2.75, 3.05) is 26.2 Å². The van der Waals surface area contributed by atoms with Crippen molar-refractivity contribution in [2.45, 2.75) is 39.3 Å². The average Bonchev–Trinajstić information content (AvgIpc) is 2.91. The van der Waals surface area contributed by atoms with Crippen molar-refractivity contribution in [3.63, 3.8) is 0 Å². The second kappa shape index (κ2) is 11.2. The lowest BCUT2D eigenvalue weighted by Gasteiger charge is -2.31. The van der Waals surface area contributed by atoms with Crippen LogP contribution in [0.5, 0.6) is 0 Å². The number of aromatic nitrogens is 2. The van der Waals surface area contributed by atoms with Gasteiger partial charge in [-0.1, -0.05) is 48.5 Å². The van der Waals surface area contributed by atoms with Crippen LogP contribution in [0.3, 0.4) is 0 Å². The molecule has 1 aromatic heterocycles. The largest absolute Gasteiger partial charge is 0.354 e. The maximum absolute atomic E-state index is 13.2. The van der Waals surface area contributed by atoms with E-state index in [1.807, 2.05) is 49.4 Å². The number of aryl methyl sites for hydroxylation is 1. The fourth-order valence-corrected chi connectivity index (χ4v) is 4.73. The maximum Gasteiger partial charge on any atom is 0.275 e. The molecule has 2 heterocycles. The molecule has 3 amide bonds. The molecule has 0 spiro atoms. The summed E-state index contributed by atoms with van der Waals surface area (Å²) in [5.41, 5.74) is 1.25. The number of amides is 3. The summed E-state index contributed by atoms with van der Waals surface area (Å²) in [6.07, 6.45) is 0.690. The number of hydrogen-bond acceptors (Lipinski definition) is 5. The minimum atomic E-state index is -0.380. The van der Waals surface area contributed by atoms with Crippen molar-refractivity contribution in [2.24, 2.45) is 0 Å². The molecule has 1 aliphatic rings. The van der Waals surface area contributed by atoms with Gasteiger partial charge in [-0.3, -0.25) is 19.2 Å². The summed E-state index contributed by atoms with van der Waals surface area (Å²) < 4.78 is 1.21. The molecule has 0 aliphatic carbocycles. The quantitative estimate of drug-likeness (QED) is 0.606. The molecule has 188 valence electrons. The summed E-state index contributed by atoms with van der Waals surface area (Å²) in [6, 6.07) is 16.3. The van der Waals surface area contributed by atoms with Gasteiger partial charge in [0, 0.05) is 38.5 Å². The standard InChI is InChI=1S/C27H31N5O4/c1-19-22-11-6-7-12-23(22)27(36)32(29-19)18-26(35)30-14-8-15-31(20(2)33)24(17-25(34)28-13-16-30)21-9-4-3-5-10-21/h3-7,9-12,24H,8,13-18H2,1-2H3,(H,28,34). The first-order chi connectivity index (χ1) is 17.3. The molecule has 9 heteroatoms. The lowest BCUT2D eigenvalue weighted by atomic mass is 10.0. The van der Waals surface area contributed by atoms with Crippen LogP contribution in [-0.2, 0) is 20.9 Å². The van der Waals surface area contributed by atoms with E-state index in [-0.39, 0.29) is 48.8 Å². The fourth-order valence-electron chi connectivity index (χ4n) is 4.73. The number of rotatable bonds is 3. The Kier molecular flexibility index (Phi) is 7.77. The molecule has 1 N–H and O–H groups in total. The number of hydrogen-bond donors (Lipinski definition) is 1. The van der Waals surface area contributed by atoms with E-state index < -0.39 is 0 Å². The smallest absolute Gasteiger partial charge is 0.275 e. The first-order valence-electron chi connectivity index (χ1n) is 12.2. The van der Waals surface area contributed by atoms with Gasteiger partial charge < -0.3 is 15.1 Å². The Morgan fingerprint density at radius 3 is 2.39 bits per heavy atom. The van der Waals surface area contributed by atoms with Gasteiger partial charge in [0.1, 0.15) is 6.54 Å². The Hall–Kier alpha value is -4.01. The highest BCUT2D eigenvalue weighted by atomic mass is 16.2. The van der Waals surface area contributed by atoms with Gasteiger partial charge in [-0.15, -0.1) is 0 Å². The van der Waals surface area contributed by atoms with Crippen LogP contribution >= 0.6 is 0 Å². The van der Waals surface area contributed by atoms with Gasteiger partial charge in [0.15, 0.2) is 0 Å². The number of benzene rings is 2. The zero-order chi connectivity index (χ0) is 25.7. The van der Waals surface area contributed by atoms with Crippen LogP contribution in [0, 0.1) is 6.92 Å². The lowest BCUT2D eigenvalue weighted by Crippen LogP contribution is -2.42. The molecule has 4 rings (SSSR count). The third kappa shape index (κ3) is 5.62. The van der Waals surface area contributed by atoms with E-state index in [2.05, 4.69) is 10.4 Å². The zero-order valence-electron chi connectivity index (χ0n) is 20.6. The van der Waals surface area contributed by atoms with Gasteiger partial charge in [-0.25, -0.2) is 4.68 Å². The molecule has 0 radical (unpaired) electrons. The molecular formula is C27H31N5O4. The normalized spacial score (nSPS) is 17.4. The summed E-state index contributed by atoms with van der Waals surface area (Å²) in [7, 11) is 0. The summed E-state index contributed by atoms with van der Waals surface area (Å²) in [5.74, 6) is -0.578. The predicted octanol–water partition coefficient (Wildman–Crippen LogP) is 2.03. The predicted molar refractivity (Wildman–Crippen MR) is 136 cm³/mol. The van der Waals surface area contributed by atoms with Crippen LogP contribution in [0.2, 0.25) is 0 Å². The first kappa shape index (κ1) is 25.1. The zero-order valence-corrected chi connectivity index (χ0v) is 20.6. The van der Waals surface area contributed by atoms with E-state index in [0.717, 1.165) is 10.9 Å². The second-order valence-electron chi connectivity index (χ2n) is 9.02. The summed E-state index contributed by atoms with van der Waals surface area (Å²) in [6.45, 7) is 4.50. The number of nitrogens with zero attached hydrogens (tertiary/aromatic N) is 4. The van der Waals surface area contributed by atoms with Crippen molar-refractivity contribution < 1.29 is 14.4 Å². The molecule has 9 nitrogen and oxygen atoms in total. The van der Waals surface area contributed by atoms with E-state index in [4.69, 9.17) is 0 Å². The Morgan fingerprint density at radius 2 is 1.67 bits per heavy atom.